The van der Waals surface area contributed by atoms with E-state index in [0.29, 0.717) is 19.4 Å². The molecular formula is C78H151NO5. The molecule has 0 bridgehead atoms. The Hall–Kier alpha value is -1.66. The number of unbranched alkanes of at least 4 members (excludes halogenated alkanes) is 60. The zero-order valence-corrected chi connectivity index (χ0v) is 57.2. The maximum Gasteiger partial charge on any atom is 0.305 e. The molecule has 84 heavy (non-hydrogen) atoms. The van der Waals surface area contributed by atoms with Crippen LogP contribution < -0.4 is 5.32 Å². The third-order valence-corrected chi connectivity index (χ3v) is 18.2. The molecule has 2 atom stereocenters. The molecule has 0 fully saturated rings. The molecule has 0 aromatic rings. The number of ether oxygens (including phenoxy) is 1. The van der Waals surface area contributed by atoms with Gasteiger partial charge in [-0.15, -0.1) is 0 Å². The van der Waals surface area contributed by atoms with Crippen molar-refractivity contribution in [3.05, 3.63) is 24.3 Å². The first-order chi connectivity index (χ1) is 41.5. The van der Waals surface area contributed by atoms with Crippen molar-refractivity contribution in [2.75, 3.05) is 13.2 Å². The minimum absolute atomic E-state index is 0.0223. The van der Waals surface area contributed by atoms with Crippen molar-refractivity contribution in [1.29, 1.82) is 0 Å². The van der Waals surface area contributed by atoms with Crippen molar-refractivity contribution in [1.82, 2.24) is 5.32 Å². The summed E-state index contributed by atoms with van der Waals surface area (Å²) in [4.78, 5) is 24.6. The van der Waals surface area contributed by atoms with E-state index in [1.54, 1.807) is 6.08 Å². The van der Waals surface area contributed by atoms with Crippen LogP contribution in [0.2, 0.25) is 0 Å². The molecule has 0 aliphatic rings. The van der Waals surface area contributed by atoms with Crippen LogP contribution in [0.4, 0.5) is 0 Å². The van der Waals surface area contributed by atoms with Crippen molar-refractivity contribution >= 4 is 11.9 Å². The first-order valence-electron chi connectivity index (χ1n) is 38.6. The molecule has 6 nitrogen and oxygen atoms in total. The smallest absolute Gasteiger partial charge is 0.305 e. The summed E-state index contributed by atoms with van der Waals surface area (Å²) in [5, 5.41) is 23.2. The Balaban J connectivity index is 3.36. The normalized spacial score (nSPS) is 12.6. The fourth-order valence-electron chi connectivity index (χ4n) is 12.3. The van der Waals surface area contributed by atoms with Gasteiger partial charge in [0.05, 0.1) is 25.4 Å². The molecule has 0 aliphatic carbocycles. The Morgan fingerprint density at radius 3 is 0.845 bits per heavy atom. The molecule has 0 spiro atoms. The van der Waals surface area contributed by atoms with E-state index >= 15 is 0 Å². The second-order valence-corrected chi connectivity index (χ2v) is 26.7. The van der Waals surface area contributed by atoms with Crippen LogP contribution in [-0.4, -0.2) is 47.4 Å². The Kier molecular flexibility index (Phi) is 72.3. The van der Waals surface area contributed by atoms with Crippen molar-refractivity contribution in [3.8, 4) is 0 Å². The van der Waals surface area contributed by atoms with Gasteiger partial charge in [-0.3, -0.25) is 9.59 Å². The highest BCUT2D eigenvalue weighted by atomic mass is 16.5. The third-order valence-electron chi connectivity index (χ3n) is 18.2. The number of aliphatic hydroxyl groups is 2. The monoisotopic (exact) mass is 1180 g/mol. The van der Waals surface area contributed by atoms with Gasteiger partial charge in [0.2, 0.25) is 5.91 Å². The van der Waals surface area contributed by atoms with Crippen molar-refractivity contribution in [2.45, 2.75) is 450 Å². The summed E-state index contributed by atoms with van der Waals surface area (Å²) in [6.07, 6.45) is 94.3. The maximum atomic E-state index is 12.5. The van der Waals surface area contributed by atoms with Gasteiger partial charge in [0.1, 0.15) is 0 Å². The highest BCUT2D eigenvalue weighted by Gasteiger charge is 2.18. The predicted octanol–water partition coefficient (Wildman–Crippen LogP) is 25.3. The number of rotatable bonds is 73. The van der Waals surface area contributed by atoms with Crippen molar-refractivity contribution < 1.29 is 24.5 Å². The number of hydrogen-bond acceptors (Lipinski definition) is 5. The molecule has 0 rings (SSSR count). The first kappa shape index (κ1) is 82.3. The highest BCUT2D eigenvalue weighted by Crippen LogP contribution is 2.19. The molecule has 3 N–H and O–H groups in total. The summed E-state index contributed by atoms with van der Waals surface area (Å²) in [6.45, 7) is 4.96. The van der Waals surface area contributed by atoms with Gasteiger partial charge in [0.25, 0.3) is 0 Å². The largest absolute Gasteiger partial charge is 0.466 e. The van der Waals surface area contributed by atoms with E-state index in [-0.39, 0.29) is 18.5 Å². The lowest BCUT2D eigenvalue weighted by atomic mass is 10.0. The van der Waals surface area contributed by atoms with Crippen molar-refractivity contribution in [3.63, 3.8) is 0 Å². The van der Waals surface area contributed by atoms with Crippen LogP contribution in [-0.2, 0) is 14.3 Å². The fourth-order valence-corrected chi connectivity index (χ4v) is 12.3. The Labute approximate surface area is 526 Å². The molecular weight excluding hydrogens is 1030 g/mol. The minimum atomic E-state index is -0.844. The average molecular weight is 1180 g/mol. The number of allylic oxidation sites excluding steroid dienone is 3. The van der Waals surface area contributed by atoms with Gasteiger partial charge in [0, 0.05) is 12.8 Å². The molecule has 0 saturated heterocycles. The quantitative estimate of drug-likeness (QED) is 0.0320. The lowest BCUT2D eigenvalue weighted by molar-refractivity contribution is -0.143. The highest BCUT2D eigenvalue weighted by molar-refractivity contribution is 5.76. The lowest BCUT2D eigenvalue weighted by Crippen LogP contribution is -2.45. The zero-order chi connectivity index (χ0) is 60.6. The van der Waals surface area contributed by atoms with Gasteiger partial charge in [0.15, 0.2) is 0 Å². The number of esters is 1. The van der Waals surface area contributed by atoms with Crippen LogP contribution >= 0.6 is 0 Å². The Morgan fingerprint density at radius 1 is 0.321 bits per heavy atom. The third kappa shape index (κ3) is 69.4. The molecule has 6 heteroatoms. The van der Waals surface area contributed by atoms with Crippen LogP contribution in [0.25, 0.3) is 0 Å². The number of hydrogen-bond donors (Lipinski definition) is 3. The Morgan fingerprint density at radius 2 is 0.560 bits per heavy atom. The number of carbonyl (C=O) groups excluding carboxylic acids is 2. The van der Waals surface area contributed by atoms with Gasteiger partial charge in [-0.25, -0.2) is 0 Å². The van der Waals surface area contributed by atoms with Crippen molar-refractivity contribution in [2.24, 2.45) is 0 Å². The van der Waals surface area contributed by atoms with E-state index in [2.05, 4.69) is 31.3 Å². The summed E-state index contributed by atoms with van der Waals surface area (Å²) >= 11 is 0. The summed E-state index contributed by atoms with van der Waals surface area (Å²) in [6, 6.07) is -0.627. The van der Waals surface area contributed by atoms with Gasteiger partial charge >= 0.3 is 5.97 Å². The van der Waals surface area contributed by atoms with E-state index < -0.39 is 12.1 Å². The van der Waals surface area contributed by atoms with Gasteiger partial charge < -0.3 is 20.3 Å². The molecule has 0 saturated carbocycles. The fraction of sp³-hybridized carbons (Fsp3) is 0.923. The van der Waals surface area contributed by atoms with Crippen LogP contribution in [0.5, 0.6) is 0 Å². The number of amides is 1. The summed E-state index contributed by atoms with van der Waals surface area (Å²) in [5.41, 5.74) is 0. The standard InChI is InChI=1S/C78H151NO5/c1-3-5-7-9-11-13-15-17-19-21-35-39-42-46-50-54-58-62-66-70-76(81)75(74-80)79-77(82)71-67-63-59-55-51-47-43-40-36-33-31-29-27-25-23-22-24-26-28-30-32-34-37-41-45-49-53-57-61-65-69-73-84-78(83)72-68-64-60-56-52-48-44-38-20-18-16-14-12-10-8-6-4-2/h24,26,66,70,75-76,80-81H,3-23,25,27-65,67-69,71-74H2,1-2H3,(H,79,82)/b26-24-,70-66+. The van der Waals surface area contributed by atoms with E-state index in [1.807, 2.05) is 6.08 Å². The topological polar surface area (TPSA) is 95.9 Å². The van der Waals surface area contributed by atoms with Gasteiger partial charge in [-0.2, -0.15) is 0 Å². The second kappa shape index (κ2) is 73.8. The molecule has 0 aliphatic heterocycles. The van der Waals surface area contributed by atoms with Crippen LogP contribution in [0.15, 0.2) is 24.3 Å². The molecule has 0 heterocycles. The Bertz CT molecular complexity index is 1320. The molecule has 2 unspecified atom stereocenters. The summed E-state index contributed by atoms with van der Waals surface area (Å²) in [7, 11) is 0. The van der Waals surface area contributed by atoms with Crippen LogP contribution in [0.3, 0.4) is 0 Å². The lowest BCUT2D eigenvalue weighted by Gasteiger charge is -2.20. The van der Waals surface area contributed by atoms with Crippen LogP contribution in [0, 0.1) is 0 Å². The van der Waals surface area contributed by atoms with E-state index in [0.717, 1.165) is 38.5 Å². The minimum Gasteiger partial charge on any atom is -0.466 e. The van der Waals surface area contributed by atoms with Gasteiger partial charge in [-0.1, -0.05) is 391 Å². The van der Waals surface area contributed by atoms with E-state index in [1.165, 1.54) is 372 Å². The number of carbonyl (C=O) groups is 2. The van der Waals surface area contributed by atoms with E-state index in [4.69, 9.17) is 4.74 Å². The summed E-state index contributed by atoms with van der Waals surface area (Å²) < 4.78 is 5.51. The first-order valence-corrected chi connectivity index (χ1v) is 38.6. The van der Waals surface area contributed by atoms with Crippen LogP contribution in [0.1, 0.15) is 438 Å². The molecule has 0 aromatic heterocycles. The number of aliphatic hydroxyl groups excluding tert-OH is 2. The molecule has 498 valence electrons. The molecule has 0 aromatic carbocycles. The zero-order valence-electron chi connectivity index (χ0n) is 57.2. The predicted molar refractivity (Wildman–Crippen MR) is 370 cm³/mol. The number of nitrogens with one attached hydrogen (secondary N) is 1. The second-order valence-electron chi connectivity index (χ2n) is 26.7. The van der Waals surface area contributed by atoms with Gasteiger partial charge in [-0.05, 0) is 57.8 Å². The van der Waals surface area contributed by atoms with E-state index in [9.17, 15) is 19.8 Å². The molecule has 1 amide bonds. The maximum absolute atomic E-state index is 12.5. The summed E-state index contributed by atoms with van der Waals surface area (Å²) in [5.74, 6) is -0.0394. The average Bonchev–Trinajstić information content (AvgIpc) is 3.52. The molecule has 0 radical (unpaired) electrons. The SMILES string of the molecule is CCCCCCCCCCCCCCCCCCC/C=C/C(O)C(CO)NC(=O)CCCCCCCCCCCCCCCCC/C=C\CCCCCCCCCCCCCCOC(=O)CCCCCCCCCCCCCCCCCCC.